The van der Waals surface area contributed by atoms with Crippen LogP contribution >= 0.6 is 0 Å². The Balaban J connectivity index is 2.84. The average molecular weight is 336 g/mol. The van der Waals surface area contributed by atoms with Gasteiger partial charge in [0.2, 0.25) is 0 Å². The summed E-state index contributed by atoms with van der Waals surface area (Å²) >= 11 is 0. The van der Waals surface area contributed by atoms with E-state index in [1.807, 2.05) is 6.92 Å². The van der Waals surface area contributed by atoms with Crippen LogP contribution in [-0.2, 0) is 14.4 Å². The van der Waals surface area contributed by atoms with Crippen LogP contribution in [0.25, 0.3) is 0 Å². The quantitative estimate of drug-likeness (QED) is 0.613. The number of rotatable bonds is 10. The van der Waals surface area contributed by atoms with E-state index in [9.17, 15) is 19.5 Å². The number of unbranched alkanes of at least 4 members (excludes halogenated alkanes) is 2. The van der Waals surface area contributed by atoms with E-state index < -0.39 is 11.5 Å². The van der Waals surface area contributed by atoms with Gasteiger partial charge in [-0.2, -0.15) is 0 Å². The van der Waals surface area contributed by atoms with Crippen molar-refractivity contribution >= 4 is 17.3 Å². The molecule has 0 aromatic rings. The summed E-state index contributed by atoms with van der Waals surface area (Å²) in [6.07, 6.45) is 5.65. The first-order valence-corrected chi connectivity index (χ1v) is 9.23. The predicted octanol–water partition coefficient (Wildman–Crippen LogP) is 3.94. The van der Waals surface area contributed by atoms with Crippen molar-refractivity contribution in [3.63, 3.8) is 0 Å². The summed E-state index contributed by atoms with van der Waals surface area (Å²) in [6.45, 7) is 7.23. The fourth-order valence-electron chi connectivity index (χ4n) is 3.40. The number of hydrogen-bond acceptors (Lipinski definition) is 4. The molecule has 2 atom stereocenters. The van der Waals surface area contributed by atoms with Gasteiger partial charge >= 0.3 is 0 Å². The van der Waals surface area contributed by atoms with Gasteiger partial charge in [0.25, 0.3) is 0 Å². The van der Waals surface area contributed by atoms with E-state index in [1.165, 1.54) is 6.92 Å². The van der Waals surface area contributed by atoms with Crippen LogP contribution < -0.4 is 0 Å². The van der Waals surface area contributed by atoms with Crippen LogP contribution in [0.2, 0.25) is 0 Å². The van der Waals surface area contributed by atoms with Crippen LogP contribution in [-0.4, -0.2) is 28.1 Å². The fourth-order valence-corrected chi connectivity index (χ4v) is 3.40. The predicted molar refractivity (Wildman–Crippen MR) is 94.7 cm³/mol. The second kappa shape index (κ2) is 9.26. The Kier molecular flexibility index (Phi) is 8.01. The summed E-state index contributed by atoms with van der Waals surface area (Å²) in [7, 11) is 0. The molecule has 4 nitrogen and oxygen atoms in total. The minimum absolute atomic E-state index is 0.0975. The first-order valence-electron chi connectivity index (χ1n) is 9.23. The van der Waals surface area contributed by atoms with E-state index in [1.54, 1.807) is 6.92 Å². The monoisotopic (exact) mass is 336 g/mol. The van der Waals surface area contributed by atoms with Crippen molar-refractivity contribution < 1.29 is 19.5 Å². The molecule has 0 aromatic carbocycles. The average Bonchev–Trinajstić information content (AvgIpc) is 2.51. The largest absolute Gasteiger partial charge is 0.382 e. The van der Waals surface area contributed by atoms with E-state index in [-0.39, 0.29) is 30.2 Å². The van der Waals surface area contributed by atoms with Gasteiger partial charge in [-0.25, -0.2) is 0 Å². The molecule has 1 aliphatic rings. The smallest absolute Gasteiger partial charge is 0.190 e. The van der Waals surface area contributed by atoms with Gasteiger partial charge in [-0.05, 0) is 38.7 Å². The van der Waals surface area contributed by atoms with Crippen molar-refractivity contribution in [2.75, 3.05) is 0 Å². The van der Waals surface area contributed by atoms with E-state index >= 15 is 0 Å². The van der Waals surface area contributed by atoms with Gasteiger partial charge < -0.3 is 5.11 Å². The first kappa shape index (κ1) is 20.8. The zero-order valence-corrected chi connectivity index (χ0v) is 15.6. The molecular formula is C20H32O4. The molecule has 0 saturated heterocycles. The van der Waals surface area contributed by atoms with Crippen LogP contribution in [0.5, 0.6) is 0 Å². The lowest BCUT2D eigenvalue weighted by Crippen LogP contribution is -2.47. The Morgan fingerprint density at radius 2 is 1.79 bits per heavy atom. The van der Waals surface area contributed by atoms with Crippen LogP contribution in [0.1, 0.15) is 85.5 Å². The van der Waals surface area contributed by atoms with Gasteiger partial charge in [0.1, 0.15) is 17.2 Å². The molecule has 0 unspecified atom stereocenters. The molecule has 0 saturated carbocycles. The van der Waals surface area contributed by atoms with Crippen molar-refractivity contribution in [1.29, 1.82) is 0 Å². The maximum absolute atomic E-state index is 12.5. The molecule has 0 fully saturated rings. The van der Waals surface area contributed by atoms with E-state index in [4.69, 9.17) is 0 Å². The number of carbonyl (C=O) groups is 3. The molecule has 0 spiro atoms. The van der Waals surface area contributed by atoms with Gasteiger partial charge in [0, 0.05) is 31.6 Å². The fraction of sp³-hybridized carbons (Fsp3) is 0.750. The Hall–Kier alpha value is -1.29. The van der Waals surface area contributed by atoms with Gasteiger partial charge in [-0.15, -0.1) is 0 Å². The summed E-state index contributed by atoms with van der Waals surface area (Å²) in [5, 5.41) is 10.6. The molecule has 136 valence electrons. The molecule has 1 N–H and O–H groups in total. The zero-order chi connectivity index (χ0) is 18.3. The summed E-state index contributed by atoms with van der Waals surface area (Å²) < 4.78 is 0. The number of Topliss-reactive ketones (excluding diaryl/α,β-unsaturated/α-hetero) is 3. The molecule has 4 heteroatoms. The van der Waals surface area contributed by atoms with E-state index in [0.717, 1.165) is 31.3 Å². The summed E-state index contributed by atoms with van der Waals surface area (Å²) in [5.74, 6) is -0.541. The maximum Gasteiger partial charge on any atom is 0.190 e. The molecular weight excluding hydrogens is 304 g/mol. The Morgan fingerprint density at radius 3 is 2.38 bits per heavy atom. The van der Waals surface area contributed by atoms with Crippen molar-refractivity contribution in [3.05, 3.63) is 11.1 Å². The van der Waals surface area contributed by atoms with Crippen molar-refractivity contribution in [2.24, 2.45) is 5.92 Å². The summed E-state index contributed by atoms with van der Waals surface area (Å²) in [5.41, 5.74) is -0.211. The molecule has 0 radical (unpaired) electrons. The SMILES string of the molecule is CCCCCC(=O)C[C@@H]1CC(CC(=O)CCC)=C(C)C(=O)[C@@]1(C)O. The highest BCUT2D eigenvalue weighted by molar-refractivity contribution is 6.04. The Bertz CT molecular complexity index is 514. The molecule has 24 heavy (non-hydrogen) atoms. The molecule has 1 aliphatic carbocycles. The first-order chi connectivity index (χ1) is 11.2. The number of ketones is 3. The van der Waals surface area contributed by atoms with Gasteiger partial charge in [-0.1, -0.05) is 32.3 Å². The molecule has 0 heterocycles. The summed E-state index contributed by atoms with van der Waals surface area (Å²) in [6, 6.07) is 0. The van der Waals surface area contributed by atoms with Crippen molar-refractivity contribution in [1.82, 2.24) is 0 Å². The number of hydrogen-bond donors (Lipinski definition) is 1. The van der Waals surface area contributed by atoms with Crippen LogP contribution in [0.4, 0.5) is 0 Å². The highest BCUT2D eigenvalue weighted by Gasteiger charge is 2.44. The molecule has 0 amide bonds. The number of allylic oxidation sites excluding steroid dienone is 1. The van der Waals surface area contributed by atoms with Crippen molar-refractivity contribution in [2.45, 2.75) is 91.1 Å². The number of aliphatic hydroxyl groups is 1. The maximum atomic E-state index is 12.5. The normalized spacial score (nSPS) is 24.4. The second-order valence-corrected chi connectivity index (χ2v) is 7.27. The molecule has 0 bridgehead atoms. The lowest BCUT2D eigenvalue weighted by molar-refractivity contribution is -0.140. The lowest BCUT2D eigenvalue weighted by atomic mass is 9.70. The highest BCUT2D eigenvalue weighted by Crippen LogP contribution is 2.38. The van der Waals surface area contributed by atoms with Crippen LogP contribution in [0.15, 0.2) is 11.1 Å². The number of carbonyl (C=O) groups excluding carboxylic acids is 3. The molecule has 0 aliphatic heterocycles. The highest BCUT2D eigenvalue weighted by atomic mass is 16.3. The molecule has 1 rings (SSSR count). The molecule has 0 aromatic heterocycles. The van der Waals surface area contributed by atoms with Gasteiger partial charge in [0.15, 0.2) is 5.78 Å². The van der Waals surface area contributed by atoms with Gasteiger partial charge in [0.05, 0.1) is 0 Å². The third-order valence-corrected chi connectivity index (χ3v) is 5.09. The van der Waals surface area contributed by atoms with Crippen molar-refractivity contribution in [3.8, 4) is 0 Å². The Labute approximate surface area is 145 Å². The third-order valence-electron chi connectivity index (χ3n) is 5.09. The zero-order valence-electron chi connectivity index (χ0n) is 15.6. The Morgan fingerprint density at radius 1 is 1.12 bits per heavy atom. The van der Waals surface area contributed by atoms with Gasteiger partial charge in [-0.3, -0.25) is 14.4 Å². The lowest BCUT2D eigenvalue weighted by Gasteiger charge is -2.37. The van der Waals surface area contributed by atoms with Crippen LogP contribution in [0, 0.1) is 5.92 Å². The topological polar surface area (TPSA) is 71.4 Å². The standard InChI is InChI=1S/C20H32O4/c1-5-7-8-10-18(22)13-16-11-15(12-17(21)9-6-2)14(3)19(23)20(16,4)24/h16,24H,5-13H2,1-4H3/t16-,20-/m0/s1. The van der Waals surface area contributed by atoms with Crippen LogP contribution in [0.3, 0.4) is 0 Å². The second-order valence-electron chi connectivity index (χ2n) is 7.27. The summed E-state index contributed by atoms with van der Waals surface area (Å²) in [4.78, 5) is 36.7. The minimum atomic E-state index is -1.51. The van der Waals surface area contributed by atoms with E-state index in [2.05, 4.69) is 6.92 Å². The minimum Gasteiger partial charge on any atom is -0.382 e. The third kappa shape index (κ3) is 5.37. The van der Waals surface area contributed by atoms with E-state index in [0.29, 0.717) is 24.8 Å².